The summed E-state index contributed by atoms with van der Waals surface area (Å²) in [5, 5.41) is 12.7. The Balaban J connectivity index is 1.01. The highest BCUT2D eigenvalue weighted by molar-refractivity contribution is 7.27. The Morgan fingerprint density at radius 3 is 1.05 bits per heavy atom. The quantitative estimate of drug-likeness (QED) is 0.167. The molecule has 15 aromatic rings. The van der Waals surface area contributed by atoms with Crippen molar-refractivity contribution in [2.45, 2.75) is 0 Å². The standard InChI is InChI=1S/C60H35N3S2/c1-7-23-48-38(15-1)39-16-2-8-24-49(39)61(48)54-29-13-21-44-46-33-36(31-32-57(46)64-58(44)54)37-34-47-45-22-14-30-55(62-50-25-9-3-17-40(50)41-18-4-10-26-51(41)62)59(45)65-60(47)56(35-37)63-52-27-11-5-19-42(52)43-20-6-12-28-53(43)63/h1-35H. The lowest BCUT2D eigenvalue weighted by Crippen LogP contribution is -1.95. The van der Waals surface area contributed by atoms with Crippen LogP contribution in [-0.4, -0.2) is 13.7 Å². The van der Waals surface area contributed by atoms with Gasteiger partial charge in [0.15, 0.2) is 0 Å². The van der Waals surface area contributed by atoms with E-state index in [4.69, 9.17) is 0 Å². The Bertz CT molecular complexity index is 4330. The molecule has 15 rings (SSSR count). The zero-order valence-corrected chi connectivity index (χ0v) is 36.5. The number of benzene rings is 10. The van der Waals surface area contributed by atoms with Crippen molar-refractivity contribution in [2.24, 2.45) is 0 Å². The molecular weight excluding hydrogens is 827 g/mol. The van der Waals surface area contributed by atoms with Crippen LogP contribution in [0, 0.1) is 0 Å². The third-order valence-electron chi connectivity index (χ3n) is 13.8. The minimum atomic E-state index is 1.20. The van der Waals surface area contributed by atoms with Gasteiger partial charge in [0, 0.05) is 58.6 Å². The Morgan fingerprint density at radius 1 is 0.231 bits per heavy atom. The molecule has 0 amide bonds. The number of hydrogen-bond acceptors (Lipinski definition) is 2. The molecule has 5 aromatic heterocycles. The highest BCUT2D eigenvalue weighted by Crippen LogP contribution is 2.48. The lowest BCUT2D eigenvalue weighted by molar-refractivity contribution is 1.20. The fourth-order valence-corrected chi connectivity index (χ4v) is 13.5. The van der Waals surface area contributed by atoms with Crippen molar-refractivity contribution < 1.29 is 0 Å². The van der Waals surface area contributed by atoms with E-state index in [1.165, 1.54) is 134 Å². The molecule has 0 atom stereocenters. The molecule has 0 saturated carbocycles. The van der Waals surface area contributed by atoms with Gasteiger partial charge in [0.05, 0.1) is 64.3 Å². The van der Waals surface area contributed by atoms with Crippen LogP contribution >= 0.6 is 22.7 Å². The first kappa shape index (κ1) is 35.5. The van der Waals surface area contributed by atoms with E-state index in [0.29, 0.717) is 0 Å². The molecule has 0 N–H and O–H groups in total. The fraction of sp³-hybridized carbons (Fsp3) is 0. The Hall–Kier alpha value is -7.96. The molecule has 0 saturated heterocycles. The van der Waals surface area contributed by atoms with Gasteiger partial charge >= 0.3 is 0 Å². The van der Waals surface area contributed by atoms with Crippen LogP contribution in [0.2, 0.25) is 0 Å². The number of fused-ring (bicyclic) bond motifs is 15. The van der Waals surface area contributed by atoms with E-state index in [1.807, 2.05) is 22.7 Å². The van der Waals surface area contributed by atoms with Crippen molar-refractivity contribution in [1.82, 2.24) is 13.7 Å². The van der Waals surface area contributed by atoms with Crippen LogP contribution in [0.1, 0.15) is 0 Å². The third-order valence-corrected chi connectivity index (χ3v) is 16.3. The largest absolute Gasteiger partial charge is 0.308 e. The molecule has 65 heavy (non-hydrogen) atoms. The summed E-state index contributed by atoms with van der Waals surface area (Å²) in [6, 6.07) is 78.8. The van der Waals surface area contributed by atoms with Crippen molar-refractivity contribution in [3.63, 3.8) is 0 Å². The number of para-hydroxylation sites is 6. The zero-order chi connectivity index (χ0) is 42.3. The van der Waals surface area contributed by atoms with Crippen LogP contribution in [0.25, 0.3) is 134 Å². The average molecular weight is 862 g/mol. The van der Waals surface area contributed by atoms with Crippen LogP contribution in [0.3, 0.4) is 0 Å². The molecular formula is C60H35N3S2. The van der Waals surface area contributed by atoms with Gasteiger partial charge < -0.3 is 13.7 Å². The SMILES string of the molecule is c1cc(-n2c3ccccc3c3ccccc32)c2sc3ccc(-c4cc(-n5c6ccccc6c6ccccc65)c5sc6c(-n7c8ccccc8c8ccccc87)cccc6c5c4)cc3c2c1. The fourth-order valence-electron chi connectivity index (χ4n) is 11.1. The van der Waals surface area contributed by atoms with Crippen molar-refractivity contribution >= 4 is 128 Å². The first-order valence-corrected chi connectivity index (χ1v) is 23.8. The number of hydrogen-bond donors (Lipinski definition) is 0. The van der Waals surface area contributed by atoms with Gasteiger partial charge in [-0.1, -0.05) is 140 Å². The molecule has 0 aliphatic rings. The second kappa shape index (κ2) is 13.3. The maximum atomic E-state index is 2.52. The van der Waals surface area contributed by atoms with E-state index >= 15 is 0 Å². The second-order valence-corrected chi connectivity index (χ2v) is 19.3. The maximum absolute atomic E-state index is 2.52. The third kappa shape index (κ3) is 4.88. The normalized spacial score (nSPS) is 12.3. The summed E-state index contributed by atoms with van der Waals surface area (Å²) in [7, 11) is 0. The summed E-state index contributed by atoms with van der Waals surface area (Å²) in [5.41, 5.74) is 13.4. The summed E-state index contributed by atoms with van der Waals surface area (Å²) in [6.07, 6.45) is 0. The van der Waals surface area contributed by atoms with Gasteiger partial charge in [-0.2, -0.15) is 0 Å². The van der Waals surface area contributed by atoms with Crippen LogP contribution in [0.5, 0.6) is 0 Å². The van der Waals surface area contributed by atoms with Crippen molar-refractivity contribution in [3.05, 3.63) is 212 Å². The van der Waals surface area contributed by atoms with Gasteiger partial charge in [-0.3, -0.25) is 0 Å². The lowest BCUT2D eigenvalue weighted by atomic mass is 9.99. The van der Waals surface area contributed by atoms with Crippen molar-refractivity contribution in [2.75, 3.05) is 0 Å². The smallest absolute Gasteiger partial charge is 0.0647 e. The number of aromatic nitrogens is 3. The molecule has 0 aliphatic carbocycles. The topological polar surface area (TPSA) is 14.8 Å². The van der Waals surface area contributed by atoms with Crippen LogP contribution < -0.4 is 0 Å². The molecule has 0 unspecified atom stereocenters. The molecule has 10 aromatic carbocycles. The molecule has 0 aliphatic heterocycles. The Kier molecular flexibility index (Phi) is 7.26. The van der Waals surface area contributed by atoms with E-state index in [0.717, 1.165) is 0 Å². The molecule has 0 spiro atoms. The van der Waals surface area contributed by atoms with Gasteiger partial charge in [-0.05, 0) is 83.9 Å². The maximum Gasteiger partial charge on any atom is 0.0647 e. The second-order valence-electron chi connectivity index (χ2n) is 17.2. The summed E-state index contributed by atoms with van der Waals surface area (Å²) < 4.78 is 12.6. The summed E-state index contributed by atoms with van der Waals surface area (Å²) in [4.78, 5) is 0. The number of nitrogens with zero attached hydrogens (tertiary/aromatic N) is 3. The number of thiophene rings is 2. The molecule has 5 heteroatoms. The van der Waals surface area contributed by atoms with Gasteiger partial charge in [0.25, 0.3) is 0 Å². The van der Waals surface area contributed by atoms with E-state index in [1.54, 1.807) is 0 Å². The summed E-state index contributed by atoms with van der Waals surface area (Å²) in [6.45, 7) is 0. The highest BCUT2D eigenvalue weighted by Gasteiger charge is 2.22. The molecule has 302 valence electrons. The molecule has 0 bridgehead atoms. The lowest BCUT2D eigenvalue weighted by Gasteiger charge is -2.13. The molecule has 3 nitrogen and oxygen atoms in total. The van der Waals surface area contributed by atoms with Gasteiger partial charge in [0.2, 0.25) is 0 Å². The van der Waals surface area contributed by atoms with Gasteiger partial charge in [-0.15, -0.1) is 22.7 Å². The molecule has 0 fully saturated rings. The van der Waals surface area contributed by atoms with Crippen molar-refractivity contribution in [3.8, 4) is 28.2 Å². The average Bonchev–Trinajstić information content (AvgIpc) is 4.18. The van der Waals surface area contributed by atoms with Crippen LogP contribution in [0.15, 0.2) is 212 Å². The predicted molar refractivity (Wildman–Crippen MR) is 281 cm³/mol. The minimum absolute atomic E-state index is 1.20. The first-order valence-electron chi connectivity index (χ1n) is 22.2. The minimum Gasteiger partial charge on any atom is -0.308 e. The predicted octanol–water partition coefficient (Wildman–Crippen LogP) is 17.4. The van der Waals surface area contributed by atoms with E-state index in [9.17, 15) is 0 Å². The summed E-state index contributed by atoms with van der Waals surface area (Å²) >= 11 is 3.81. The monoisotopic (exact) mass is 861 g/mol. The Labute approximate surface area is 380 Å². The highest BCUT2D eigenvalue weighted by atomic mass is 32.1. The molecule has 0 radical (unpaired) electrons. The van der Waals surface area contributed by atoms with E-state index in [-0.39, 0.29) is 0 Å². The van der Waals surface area contributed by atoms with E-state index in [2.05, 4.69) is 226 Å². The number of rotatable bonds is 4. The van der Waals surface area contributed by atoms with Crippen LogP contribution in [-0.2, 0) is 0 Å². The van der Waals surface area contributed by atoms with Crippen LogP contribution in [0.4, 0.5) is 0 Å². The zero-order valence-electron chi connectivity index (χ0n) is 34.9. The Morgan fingerprint density at radius 2 is 0.585 bits per heavy atom. The summed E-state index contributed by atoms with van der Waals surface area (Å²) in [5.74, 6) is 0. The van der Waals surface area contributed by atoms with Gasteiger partial charge in [-0.25, -0.2) is 0 Å². The van der Waals surface area contributed by atoms with Gasteiger partial charge in [0.1, 0.15) is 0 Å². The molecule has 5 heterocycles. The van der Waals surface area contributed by atoms with Crippen molar-refractivity contribution in [1.29, 1.82) is 0 Å². The van der Waals surface area contributed by atoms with E-state index < -0.39 is 0 Å². The first-order chi connectivity index (χ1) is 32.3.